The summed E-state index contributed by atoms with van der Waals surface area (Å²) in [6.45, 7) is 1.41. The maximum atomic E-state index is 12.1. The molecule has 4 N–H and O–H groups in total. The van der Waals surface area contributed by atoms with Crippen molar-refractivity contribution in [3.63, 3.8) is 0 Å². The highest BCUT2D eigenvalue weighted by Crippen LogP contribution is 2.16. The van der Waals surface area contributed by atoms with Crippen LogP contribution in [-0.2, 0) is 4.79 Å². The molecule has 0 atom stereocenters. The molecule has 0 aliphatic carbocycles. The van der Waals surface area contributed by atoms with Crippen LogP contribution in [0.4, 0.5) is 11.5 Å². The van der Waals surface area contributed by atoms with Crippen LogP contribution in [0.25, 0.3) is 0 Å². The molecule has 1 aromatic carbocycles. The SMILES string of the molecule is CC(=O)Nc1ccc(C(=O)CSc2nc(N)cc(=O)[nH]2)cc1. The predicted octanol–water partition coefficient (Wildman–Crippen LogP) is 1.29. The van der Waals surface area contributed by atoms with E-state index in [1.165, 1.54) is 13.0 Å². The van der Waals surface area contributed by atoms with Crippen molar-refractivity contribution in [3.05, 3.63) is 46.2 Å². The number of anilines is 2. The number of nitrogen functional groups attached to an aromatic ring is 1. The minimum Gasteiger partial charge on any atom is -0.383 e. The molecule has 0 saturated carbocycles. The normalized spacial score (nSPS) is 10.2. The highest BCUT2D eigenvalue weighted by atomic mass is 32.2. The number of nitrogens with two attached hydrogens (primary N) is 1. The van der Waals surface area contributed by atoms with Gasteiger partial charge in [0.25, 0.3) is 5.56 Å². The van der Waals surface area contributed by atoms with Gasteiger partial charge in [-0.2, -0.15) is 0 Å². The average molecular weight is 318 g/mol. The first-order valence-corrected chi connectivity index (χ1v) is 7.33. The maximum absolute atomic E-state index is 12.1. The summed E-state index contributed by atoms with van der Waals surface area (Å²) >= 11 is 1.10. The fraction of sp³-hybridized carbons (Fsp3) is 0.143. The standard InChI is InChI=1S/C14H14N4O3S/c1-8(19)16-10-4-2-9(3-5-10)11(20)7-22-14-17-12(15)6-13(21)18-14/h2-6H,7H2,1H3,(H,16,19)(H3,15,17,18,21). The highest BCUT2D eigenvalue weighted by Gasteiger charge is 2.08. The number of aromatic nitrogens is 2. The monoisotopic (exact) mass is 318 g/mol. The smallest absolute Gasteiger partial charge is 0.253 e. The number of nitrogens with one attached hydrogen (secondary N) is 2. The second-order valence-electron chi connectivity index (χ2n) is 4.45. The molecule has 0 saturated heterocycles. The zero-order valence-electron chi connectivity index (χ0n) is 11.8. The summed E-state index contributed by atoms with van der Waals surface area (Å²) in [4.78, 5) is 40.7. The van der Waals surface area contributed by atoms with Crippen molar-refractivity contribution in [1.29, 1.82) is 0 Å². The molecule has 2 aromatic rings. The number of thioether (sulfide) groups is 1. The van der Waals surface area contributed by atoms with Crippen molar-refractivity contribution in [1.82, 2.24) is 9.97 Å². The number of H-pyrrole nitrogens is 1. The topological polar surface area (TPSA) is 118 Å². The third-order valence-corrected chi connectivity index (χ3v) is 3.48. The lowest BCUT2D eigenvalue weighted by Gasteiger charge is -2.04. The molecule has 0 spiro atoms. The van der Waals surface area contributed by atoms with Gasteiger partial charge in [-0.25, -0.2) is 4.98 Å². The number of hydrogen-bond acceptors (Lipinski definition) is 6. The van der Waals surface area contributed by atoms with E-state index in [1.54, 1.807) is 24.3 Å². The van der Waals surface area contributed by atoms with Gasteiger partial charge in [0.1, 0.15) is 5.82 Å². The first kappa shape index (κ1) is 15.8. The van der Waals surface area contributed by atoms with Crippen LogP contribution >= 0.6 is 11.8 Å². The minimum atomic E-state index is -0.359. The van der Waals surface area contributed by atoms with E-state index in [-0.39, 0.29) is 28.8 Å². The first-order valence-electron chi connectivity index (χ1n) is 6.34. The number of carbonyl (C=O) groups excluding carboxylic acids is 2. The summed E-state index contributed by atoms with van der Waals surface area (Å²) in [6, 6.07) is 7.74. The number of ketones is 1. The third-order valence-electron chi connectivity index (χ3n) is 2.61. The maximum Gasteiger partial charge on any atom is 0.253 e. The summed E-state index contributed by atoms with van der Waals surface area (Å²) in [5.41, 5.74) is 6.24. The van der Waals surface area contributed by atoms with Gasteiger partial charge in [0.2, 0.25) is 5.91 Å². The predicted molar refractivity (Wildman–Crippen MR) is 85.1 cm³/mol. The molecule has 1 amide bonds. The summed E-state index contributed by atoms with van der Waals surface area (Å²) < 4.78 is 0. The van der Waals surface area contributed by atoms with Crippen molar-refractivity contribution in [2.45, 2.75) is 12.1 Å². The fourth-order valence-electron chi connectivity index (χ4n) is 1.68. The molecule has 7 nitrogen and oxygen atoms in total. The molecule has 2 rings (SSSR count). The van der Waals surface area contributed by atoms with Gasteiger partial charge in [0.15, 0.2) is 10.9 Å². The van der Waals surface area contributed by atoms with Crippen molar-refractivity contribution in [2.75, 3.05) is 16.8 Å². The molecule has 114 valence electrons. The van der Waals surface area contributed by atoms with Gasteiger partial charge in [-0.3, -0.25) is 14.4 Å². The van der Waals surface area contributed by atoms with Crippen LogP contribution in [0.1, 0.15) is 17.3 Å². The third kappa shape index (κ3) is 4.45. The molecule has 0 aliphatic heterocycles. The van der Waals surface area contributed by atoms with Gasteiger partial charge in [0, 0.05) is 24.2 Å². The molecule has 1 aromatic heterocycles. The molecule has 0 aliphatic rings. The quantitative estimate of drug-likeness (QED) is 0.434. The Kier molecular flexibility index (Phi) is 4.95. The molecular formula is C14H14N4O3S. The van der Waals surface area contributed by atoms with E-state index >= 15 is 0 Å². The number of hydrogen-bond donors (Lipinski definition) is 3. The van der Waals surface area contributed by atoms with Crippen LogP contribution in [-0.4, -0.2) is 27.4 Å². The van der Waals surface area contributed by atoms with E-state index in [0.29, 0.717) is 16.4 Å². The molecule has 8 heteroatoms. The minimum absolute atomic E-state index is 0.110. The molecule has 0 bridgehead atoms. The van der Waals surface area contributed by atoms with Gasteiger partial charge in [-0.1, -0.05) is 11.8 Å². The van der Waals surface area contributed by atoms with Crippen LogP contribution in [0.5, 0.6) is 0 Å². The number of amides is 1. The molecule has 0 fully saturated rings. The molecule has 0 radical (unpaired) electrons. The largest absolute Gasteiger partial charge is 0.383 e. The lowest BCUT2D eigenvalue weighted by molar-refractivity contribution is -0.114. The van der Waals surface area contributed by atoms with Crippen LogP contribution in [0.2, 0.25) is 0 Å². The van der Waals surface area contributed by atoms with Crippen molar-refractivity contribution in [2.24, 2.45) is 0 Å². The second kappa shape index (κ2) is 6.90. The zero-order chi connectivity index (χ0) is 16.1. The van der Waals surface area contributed by atoms with E-state index in [2.05, 4.69) is 15.3 Å². The highest BCUT2D eigenvalue weighted by molar-refractivity contribution is 7.99. The Hall–Kier alpha value is -2.61. The lowest BCUT2D eigenvalue weighted by atomic mass is 10.1. The van der Waals surface area contributed by atoms with Crippen molar-refractivity contribution >= 4 is 35.0 Å². The number of rotatable bonds is 5. The summed E-state index contributed by atoms with van der Waals surface area (Å²) in [6.07, 6.45) is 0. The van der Waals surface area contributed by atoms with Crippen molar-refractivity contribution < 1.29 is 9.59 Å². The van der Waals surface area contributed by atoms with E-state index < -0.39 is 0 Å². The van der Waals surface area contributed by atoms with Crippen LogP contribution in [0.3, 0.4) is 0 Å². The van der Waals surface area contributed by atoms with Gasteiger partial charge >= 0.3 is 0 Å². The van der Waals surface area contributed by atoms with Gasteiger partial charge in [-0.05, 0) is 24.3 Å². The number of nitrogens with zero attached hydrogens (tertiary/aromatic N) is 1. The first-order chi connectivity index (χ1) is 10.4. The molecular weight excluding hydrogens is 304 g/mol. The van der Waals surface area contributed by atoms with Crippen LogP contribution < -0.4 is 16.6 Å². The van der Waals surface area contributed by atoms with E-state index in [0.717, 1.165) is 11.8 Å². The number of Topliss-reactive ketones (excluding diaryl/α,β-unsaturated/α-hetero) is 1. The summed E-state index contributed by atoms with van der Waals surface area (Å²) in [5, 5.41) is 2.92. The van der Waals surface area contributed by atoms with Crippen LogP contribution in [0.15, 0.2) is 40.3 Å². The van der Waals surface area contributed by atoms with Crippen LogP contribution in [0, 0.1) is 0 Å². The molecule has 1 heterocycles. The molecule has 0 unspecified atom stereocenters. The lowest BCUT2D eigenvalue weighted by Crippen LogP contribution is -2.11. The second-order valence-corrected chi connectivity index (χ2v) is 5.41. The Morgan fingerprint density at radius 1 is 1.32 bits per heavy atom. The number of aromatic amines is 1. The number of carbonyl (C=O) groups is 2. The average Bonchev–Trinajstić information content (AvgIpc) is 2.44. The van der Waals surface area contributed by atoms with E-state index in [9.17, 15) is 14.4 Å². The Morgan fingerprint density at radius 2 is 2.00 bits per heavy atom. The Bertz CT molecular complexity index is 755. The summed E-state index contributed by atoms with van der Waals surface area (Å²) in [7, 11) is 0. The van der Waals surface area contributed by atoms with E-state index in [4.69, 9.17) is 5.73 Å². The zero-order valence-corrected chi connectivity index (χ0v) is 12.6. The Labute approximate surface area is 130 Å². The Balaban J connectivity index is 2.00. The van der Waals surface area contributed by atoms with Gasteiger partial charge in [0.05, 0.1) is 5.75 Å². The van der Waals surface area contributed by atoms with Gasteiger partial charge in [-0.15, -0.1) is 0 Å². The Morgan fingerprint density at radius 3 is 2.59 bits per heavy atom. The fourth-order valence-corrected chi connectivity index (χ4v) is 2.46. The molecule has 22 heavy (non-hydrogen) atoms. The van der Waals surface area contributed by atoms with E-state index in [1.807, 2.05) is 0 Å². The summed E-state index contributed by atoms with van der Waals surface area (Å²) in [5.74, 6) is -0.0690. The number of benzene rings is 1. The van der Waals surface area contributed by atoms with Gasteiger partial charge < -0.3 is 16.0 Å². The van der Waals surface area contributed by atoms with Crippen molar-refractivity contribution in [3.8, 4) is 0 Å².